The zero-order valence-corrected chi connectivity index (χ0v) is 31.6. The molecular weight excluding hydrogens is 699 g/mol. The zero-order chi connectivity index (χ0) is 37.7. The van der Waals surface area contributed by atoms with Crippen molar-refractivity contribution in [2.75, 3.05) is 87.7 Å². The first kappa shape index (κ1) is 35.9. The van der Waals surface area contributed by atoms with Gasteiger partial charge in [-0.05, 0) is 80.0 Å². The summed E-state index contributed by atoms with van der Waals surface area (Å²) < 4.78 is 6.34. The Balaban J connectivity index is 0.749. The molecule has 0 aliphatic carbocycles. The Morgan fingerprint density at radius 1 is 0.891 bits per heavy atom. The van der Waals surface area contributed by atoms with E-state index in [-0.39, 0.29) is 35.5 Å². The van der Waals surface area contributed by atoms with Crippen molar-refractivity contribution < 1.29 is 24.2 Å². The van der Waals surface area contributed by atoms with Gasteiger partial charge in [-0.1, -0.05) is 12.1 Å². The number of carbonyl (C=O) groups excluding carboxylic acids is 3. The molecule has 0 bridgehead atoms. The number of benzene rings is 2. The van der Waals surface area contributed by atoms with E-state index in [0.29, 0.717) is 41.7 Å². The van der Waals surface area contributed by atoms with Gasteiger partial charge in [-0.3, -0.25) is 24.6 Å². The number of phenolic OH excluding ortho intramolecular Hbond substituents is 1. The number of likely N-dealkylation sites (tertiary alicyclic amines) is 1. The highest BCUT2D eigenvalue weighted by Gasteiger charge is 2.42. The quantitative estimate of drug-likeness (QED) is 0.291. The maximum Gasteiger partial charge on any atom is 0.255 e. The molecule has 7 heterocycles. The third kappa shape index (κ3) is 7.00. The smallest absolute Gasteiger partial charge is 0.255 e. The van der Waals surface area contributed by atoms with E-state index in [1.54, 1.807) is 11.0 Å². The molecule has 1 aromatic heterocycles. The van der Waals surface area contributed by atoms with Gasteiger partial charge in [0.25, 0.3) is 5.91 Å². The summed E-state index contributed by atoms with van der Waals surface area (Å²) in [6.07, 6.45) is 4.95. The van der Waals surface area contributed by atoms with E-state index in [1.807, 2.05) is 37.4 Å². The number of anilines is 3. The van der Waals surface area contributed by atoms with Gasteiger partial charge in [0.2, 0.25) is 11.8 Å². The first-order valence-electron chi connectivity index (χ1n) is 19.9. The van der Waals surface area contributed by atoms with Crippen molar-refractivity contribution in [3.8, 4) is 17.0 Å². The first-order valence-corrected chi connectivity index (χ1v) is 19.9. The van der Waals surface area contributed by atoms with Gasteiger partial charge < -0.3 is 34.8 Å². The number of fused-ring (bicyclic) bond motifs is 4. The van der Waals surface area contributed by atoms with Crippen molar-refractivity contribution in [3.05, 3.63) is 59.7 Å². The lowest BCUT2D eigenvalue weighted by molar-refractivity contribution is -0.136. The van der Waals surface area contributed by atoms with Gasteiger partial charge in [0, 0.05) is 102 Å². The summed E-state index contributed by atoms with van der Waals surface area (Å²) in [5.41, 5.74) is 5.03. The maximum atomic E-state index is 13.2. The highest BCUT2D eigenvalue weighted by Crippen LogP contribution is 2.38. The van der Waals surface area contributed by atoms with Gasteiger partial charge in [-0.2, -0.15) is 0 Å². The van der Waals surface area contributed by atoms with Gasteiger partial charge in [-0.25, -0.2) is 0 Å². The number of para-hydroxylation sites is 1. The largest absolute Gasteiger partial charge is 0.507 e. The fourth-order valence-electron chi connectivity index (χ4n) is 9.79. The van der Waals surface area contributed by atoms with Crippen LogP contribution in [0.15, 0.2) is 48.5 Å². The van der Waals surface area contributed by atoms with Crippen LogP contribution in [0.2, 0.25) is 0 Å². The van der Waals surface area contributed by atoms with E-state index in [2.05, 4.69) is 52.6 Å². The SMILES string of the molecule is COC1(CN2CCN3c4cc(-c5ccccc5O)nnc4NC[C@H]3C2)CCN(CC2CCN(c3ccc4c(c3)CN(C3CCC(=O)NC3=O)C4=O)CC2)CC1. The molecule has 6 aliphatic rings. The molecule has 4 saturated heterocycles. The number of nitrogens with zero attached hydrogens (tertiary/aromatic N) is 7. The van der Waals surface area contributed by atoms with Crippen LogP contribution in [0.1, 0.15) is 54.4 Å². The third-order valence-corrected chi connectivity index (χ3v) is 13.1. The van der Waals surface area contributed by atoms with Crippen molar-refractivity contribution >= 4 is 34.9 Å². The van der Waals surface area contributed by atoms with E-state index in [4.69, 9.17) is 4.74 Å². The number of aromatic hydroxyl groups is 1. The van der Waals surface area contributed by atoms with Gasteiger partial charge in [-0.15, -0.1) is 10.2 Å². The Bertz CT molecular complexity index is 1960. The number of hydrogen-bond acceptors (Lipinski definition) is 12. The Kier molecular flexibility index (Phi) is 9.59. The van der Waals surface area contributed by atoms with Crippen molar-refractivity contribution in [2.24, 2.45) is 5.92 Å². The minimum atomic E-state index is -0.590. The molecular formula is C41H51N9O5. The first-order chi connectivity index (χ1) is 26.8. The van der Waals surface area contributed by atoms with Crippen molar-refractivity contribution in [3.63, 3.8) is 0 Å². The summed E-state index contributed by atoms with van der Waals surface area (Å²) >= 11 is 0. The van der Waals surface area contributed by atoms with E-state index in [0.717, 1.165) is 114 Å². The number of rotatable bonds is 8. The Morgan fingerprint density at radius 3 is 2.49 bits per heavy atom. The maximum absolute atomic E-state index is 13.2. The molecule has 9 rings (SSSR count). The fraction of sp³-hybridized carbons (Fsp3) is 0.537. The molecule has 3 N–H and O–H groups in total. The minimum Gasteiger partial charge on any atom is -0.507 e. The second-order valence-electron chi connectivity index (χ2n) is 16.3. The molecule has 55 heavy (non-hydrogen) atoms. The number of imide groups is 1. The molecule has 6 aliphatic heterocycles. The van der Waals surface area contributed by atoms with Crippen LogP contribution in [-0.4, -0.2) is 138 Å². The normalized spacial score (nSPS) is 24.6. The van der Waals surface area contributed by atoms with Crippen molar-refractivity contribution in [2.45, 2.75) is 62.8 Å². The summed E-state index contributed by atoms with van der Waals surface area (Å²) in [7, 11) is 1.89. The van der Waals surface area contributed by atoms with Gasteiger partial charge in [0.15, 0.2) is 5.82 Å². The predicted molar refractivity (Wildman–Crippen MR) is 208 cm³/mol. The standard InChI is InChI=1S/C41H51N9O5/c1-55-41(26-47-18-19-49-30(25-47)22-42-38-35(49)21-33(44-45-38)32-4-2-3-5-36(32)51)12-16-46(17-13-41)23-27-10-14-48(15-11-27)29-6-7-31-28(20-29)24-50(40(31)54)34-8-9-37(52)43-39(34)53/h2-7,20-21,27,30,34,51H,8-19,22-26H2,1H3,(H,42,45)(H,43,52,53)/t30-,34?/m0/s1. The zero-order valence-electron chi connectivity index (χ0n) is 31.6. The number of nitrogens with one attached hydrogen (secondary N) is 2. The molecule has 3 amide bonds. The molecule has 0 saturated carbocycles. The molecule has 2 atom stereocenters. The molecule has 2 aromatic carbocycles. The lowest BCUT2D eigenvalue weighted by Crippen LogP contribution is -2.61. The molecule has 290 valence electrons. The number of phenols is 1. The molecule has 1 unspecified atom stereocenters. The van der Waals surface area contributed by atoms with Crippen LogP contribution in [0.3, 0.4) is 0 Å². The van der Waals surface area contributed by atoms with Crippen molar-refractivity contribution in [1.29, 1.82) is 0 Å². The number of carbonyl (C=O) groups is 3. The number of piperidine rings is 3. The molecule has 0 radical (unpaired) electrons. The average molecular weight is 750 g/mol. The summed E-state index contributed by atoms with van der Waals surface area (Å²) in [5, 5.41) is 25.2. The second-order valence-corrected chi connectivity index (χ2v) is 16.3. The van der Waals surface area contributed by atoms with Crippen LogP contribution in [0.5, 0.6) is 5.75 Å². The third-order valence-electron chi connectivity index (χ3n) is 13.1. The summed E-state index contributed by atoms with van der Waals surface area (Å²) in [6.45, 7) is 10.1. The van der Waals surface area contributed by atoms with Gasteiger partial charge in [0.05, 0.1) is 23.0 Å². The summed E-state index contributed by atoms with van der Waals surface area (Å²) in [5.74, 6) is 0.891. The number of methoxy groups -OCH3 is 1. The van der Waals surface area contributed by atoms with Crippen LogP contribution in [0.25, 0.3) is 11.3 Å². The highest BCUT2D eigenvalue weighted by atomic mass is 16.5. The van der Waals surface area contributed by atoms with E-state index in [1.165, 1.54) is 0 Å². The molecule has 14 nitrogen and oxygen atoms in total. The van der Waals surface area contributed by atoms with E-state index >= 15 is 0 Å². The summed E-state index contributed by atoms with van der Waals surface area (Å²) in [4.78, 5) is 49.0. The minimum absolute atomic E-state index is 0.124. The average Bonchev–Trinajstić information content (AvgIpc) is 3.53. The van der Waals surface area contributed by atoms with Crippen molar-refractivity contribution in [1.82, 2.24) is 30.2 Å². The van der Waals surface area contributed by atoms with Gasteiger partial charge in [0.1, 0.15) is 11.8 Å². The molecule has 14 heteroatoms. The van der Waals surface area contributed by atoms with Crippen LogP contribution in [0, 0.1) is 5.92 Å². The molecule has 0 spiro atoms. The van der Waals surface area contributed by atoms with Gasteiger partial charge >= 0.3 is 0 Å². The lowest BCUT2D eigenvalue weighted by atomic mass is 9.88. The number of aromatic nitrogens is 2. The Labute approximate surface area is 321 Å². The second kappa shape index (κ2) is 14.7. The Morgan fingerprint density at radius 2 is 1.71 bits per heavy atom. The Hall–Kier alpha value is -4.79. The summed E-state index contributed by atoms with van der Waals surface area (Å²) in [6, 6.07) is 15.1. The lowest BCUT2D eigenvalue weighted by Gasteiger charge is -2.49. The number of amides is 3. The monoisotopic (exact) mass is 749 g/mol. The molecule has 4 fully saturated rings. The molecule has 3 aromatic rings. The van der Waals surface area contributed by atoms with Crippen LogP contribution in [0.4, 0.5) is 17.2 Å². The number of hydrogen-bond donors (Lipinski definition) is 3. The predicted octanol–water partition coefficient (Wildman–Crippen LogP) is 2.92. The van der Waals surface area contributed by atoms with E-state index in [9.17, 15) is 19.5 Å². The topological polar surface area (TPSA) is 147 Å². The fourth-order valence-corrected chi connectivity index (χ4v) is 9.79. The van der Waals surface area contributed by atoms with Crippen LogP contribution >= 0.6 is 0 Å². The van der Waals surface area contributed by atoms with E-state index < -0.39 is 6.04 Å². The number of piperazine rings is 1. The highest BCUT2D eigenvalue weighted by molar-refractivity contribution is 6.05. The number of ether oxygens (including phenoxy) is 1. The van der Waals surface area contributed by atoms with Crippen LogP contribution < -0.4 is 20.4 Å². The van der Waals surface area contributed by atoms with Crippen LogP contribution in [-0.2, 0) is 20.9 Å².